The van der Waals surface area contributed by atoms with Crippen LogP contribution in [0, 0.1) is 11.6 Å². The van der Waals surface area contributed by atoms with Gasteiger partial charge < -0.3 is 10.1 Å². The molecule has 1 N–H and O–H groups in total. The van der Waals surface area contributed by atoms with Crippen LogP contribution in [-0.2, 0) is 0 Å². The standard InChI is InChI=1S/C11H12BrF2NO/c12-7-5-9(13)11(14)10(6-7)16-4-3-15-8-1-2-8/h5-6,8,15H,1-4H2. The van der Waals surface area contributed by atoms with Crippen LogP contribution in [0.3, 0.4) is 0 Å². The molecule has 2 nitrogen and oxygen atoms in total. The van der Waals surface area contributed by atoms with Crippen LogP contribution in [0.4, 0.5) is 8.78 Å². The average Bonchev–Trinajstić information content (AvgIpc) is 3.03. The molecule has 1 aliphatic carbocycles. The van der Waals surface area contributed by atoms with Crippen molar-refractivity contribution in [1.29, 1.82) is 0 Å². The summed E-state index contributed by atoms with van der Waals surface area (Å²) in [5, 5.41) is 3.22. The van der Waals surface area contributed by atoms with Gasteiger partial charge in [0.25, 0.3) is 0 Å². The van der Waals surface area contributed by atoms with E-state index in [0.717, 1.165) is 6.07 Å². The van der Waals surface area contributed by atoms with Gasteiger partial charge in [0.15, 0.2) is 11.6 Å². The summed E-state index contributed by atoms with van der Waals surface area (Å²) in [6.07, 6.45) is 2.39. The number of rotatable bonds is 5. The number of benzene rings is 1. The monoisotopic (exact) mass is 291 g/mol. The largest absolute Gasteiger partial charge is 0.489 e. The van der Waals surface area contributed by atoms with E-state index in [2.05, 4.69) is 21.2 Å². The van der Waals surface area contributed by atoms with E-state index in [9.17, 15) is 8.78 Å². The van der Waals surface area contributed by atoms with E-state index in [1.54, 1.807) is 0 Å². The van der Waals surface area contributed by atoms with E-state index < -0.39 is 11.6 Å². The molecule has 88 valence electrons. The highest BCUT2D eigenvalue weighted by atomic mass is 79.9. The summed E-state index contributed by atoms with van der Waals surface area (Å²) >= 11 is 3.09. The van der Waals surface area contributed by atoms with Gasteiger partial charge >= 0.3 is 0 Å². The zero-order valence-electron chi connectivity index (χ0n) is 8.60. The molecule has 0 aromatic heterocycles. The topological polar surface area (TPSA) is 21.3 Å². The maximum Gasteiger partial charge on any atom is 0.200 e. The lowest BCUT2D eigenvalue weighted by Crippen LogP contribution is -2.23. The molecule has 1 aromatic rings. The Morgan fingerprint density at radius 2 is 2.12 bits per heavy atom. The third kappa shape index (κ3) is 3.15. The van der Waals surface area contributed by atoms with Crippen LogP contribution >= 0.6 is 15.9 Å². The Labute approximate surface area is 101 Å². The number of hydrogen-bond acceptors (Lipinski definition) is 2. The minimum atomic E-state index is -0.936. The highest BCUT2D eigenvalue weighted by molar-refractivity contribution is 9.10. The van der Waals surface area contributed by atoms with Gasteiger partial charge in [-0.1, -0.05) is 15.9 Å². The highest BCUT2D eigenvalue weighted by Gasteiger charge is 2.19. The first-order valence-corrected chi connectivity index (χ1v) is 5.97. The number of halogens is 3. The molecule has 0 radical (unpaired) electrons. The molecule has 0 atom stereocenters. The van der Waals surface area contributed by atoms with Crippen molar-refractivity contribution >= 4 is 15.9 Å². The van der Waals surface area contributed by atoms with Crippen molar-refractivity contribution in [2.75, 3.05) is 13.2 Å². The molecule has 1 saturated carbocycles. The maximum atomic E-state index is 13.2. The first kappa shape index (κ1) is 11.8. The fourth-order valence-electron chi connectivity index (χ4n) is 1.35. The van der Waals surface area contributed by atoms with Gasteiger partial charge in [-0.05, 0) is 25.0 Å². The number of hydrogen-bond donors (Lipinski definition) is 1. The van der Waals surface area contributed by atoms with E-state index in [1.807, 2.05) is 0 Å². The second-order valence-corrected chi connectivity index (χ2v) is 4.69. The van der Waals surface area contributed by atoms with Gasteiger partial charge in [-0.15, -0.1) is 0 Å². The van der Waals surface area contributed by atoms with E-state index in [1.165, 1.54) is 18.9 Å². The summed E-state index contributed by atoms with van der Waals surface area (Å²) in [4.78, 5) is 0. The van der Waals surface area contributed by atoms with Gasteiger partial charge in [-0.25, -0.2) is 4.39 Å². The second kappa shape index (κ2) is 5.10. The van der Waals surface area contributed by atoms with E-state index in [4.69, 9.17) is 4.74 Å². The van der Waals surface area contributed by atoms with E-state index >= 15 is 0 Å². The maximum absolute atomic E-state index is 13.2. The van der Waals surface area contributed by atoms with Crippen LogP contribution in [0.2, 0.25) is 0 Å². The molecule has 0 bridgehead atoms. The first-order chi connectivity index (χ1) is 7.66. The molecule has 1 aromatic carbocycles. The fourth-order valence-corrected chi connectivity index (χ4v) is 1.76. The van der Waals surface area contributed by atoms with Crippen molar-refractivity contribution in [2.45, 2.75) is 18.9 Å². The van der Waals surface area contributed by atoms with Crippen molar-refractivity contribution in [3.05, 3.63) is 28.2 Å². The average molecular weight is 292 g/mol. The van der Waals surface area contributed by atoms with Crippen LogP contribution < -0.4 is 10.1 Å². The summed E-state index contributed by atoms with van der Waals surface area (Å²) in [5.41, 5.74) is 0. The van der Waals surface area contributed by atoms with E-state index in [0.29, 0.717) is 23.7 Å². The molecule has 0 amide bonds. The third-order valence-corrected chi connectivity index (χ3v) is 2.79. The Hall–Kier alpha value is -0.680. The van der Waals surface area contributed by atoms with Crippen molar-refractivity contribution in [2.24, 2.45) is 0 Å². The molecule has 5 heteroatoms. The van der Waals surface area contributed by atoms with Crippen LogP contribution in [0.5, 0.6) is 5.75 Å². The Balaban J connectivity index is 1.86. The van der Waals surface area contributed by atoms with Crippen molar-refractivity contribution in [3.8, 4) is 5.75 Å². The van der Waals surface area contributed by atoms with Crippen molar-refractivity contribution in [1.82, 2.24) is 5.32 Å². The number of nitrogens with one attached hydrogen (secondary N) is 1. The smallest absolute Gasteiger partial charge is 0.200 e. The summed E-state index contributed by atoms with van der Waals surface area (Å²) in [6.45, 7) is 0.988. The van der Waals surface area contributed by atoms with Gasteiger partial charge in [-0.2, -0.15) is 4.39 Å². The molecular formula is C11H12BrF2NO. The molecule has 0 unspecified atom stereocenters. The Morgan fingerprint density at radius 3 is 2.81 bits per heavy atom. The second-order valence-electron chi connectivity index (χ2n) is 3.78. The molecule has 16 heavy (non-hydrogen) atoms. The quantitative estimate of drug-likeness (QED) is 0.665. The molecular weight excluding hydrogens is 280 g/mol. The Morgan fingerprint density at radius 1 is 1.38 bits per heavy atom. The Bertz CT molecular complexity index is 382. The summed E-state index contributed by atoms with van der Waals surface area (Å²) in [7, 11) is 0. The predicted molar refractivity (Wildman–Crippen MR) is 60.6 cm³/mol. The molecule has 1 aliphatic rings. The fraction of sp³-hybridized carbons (Fsp3) is 0.455. The van der Waals surface area contributed by atoms with Gasteiger partial charge in [0, 0.05) is 17.1 Å². The van der Waals surface area contributed by atoms with Crippen LogP contribution in [0.25, 0.3) is 0 Å². The molecule has 0 saturated heterocycles. The van der Waals surface area contributed by atoms with Gasteiger partial charge in [0.2, 0.25) is 5.82 Å². The van der Waals surface area contributed by atoms with Crippen LogP contribution in [0.15, 0.2) is 16.6 Å². The highest BCUT2D eigenvalue weighted by Crippen LogP contribution is 2.25. The predicted octanol–water partition coefficient (Wildman–Crippen LogP) is 2.86. The van der Waals surface area contributed by atoms with E-state index in [-0.39, 0.29) is 5.75 Å². The molecule has 1 fully saturated rings. The van der Waals surface area contributed by atoms with Crippen LogP contribution in [0.1, 0.15) is 12.8 Å². The molecule has 0 heterocycles. The summed E-state index contributed by atoms with van der Waals surface area (Å²) in [6, 6.07) is 3.09. The first-order valence-electron chi connectivity index (χ1n) is 5.17. The molecule has 0 aliphatic heterocycles. The van der Waals surface area contributed by atoms with Gasteiger partial charge in [0.1, 0.15) is 6.61 Å². The lowest BCUT2D eigenvalue weighted by atomic mass is 10.3. The third-order valence-electron chi connectivity index (χ3n) is 2.33. The SMILES string of the molecule is Fc1cc(Br)cc(OCCNC2CC2)c1F. The summed E-state index contributed by atoms with van der Waals surface area (Å²) < 4.78 is 31.9. The van der Waals surface area contributed by atoms with Crippen LogP contribution in [-0.4, -0.2) is 19.2 Å². The Kier molecular flexibility index (Phi) is 3.76. The zero-order valence-corrected chi connectivity index (χ0v) is 10.2. The lowest BCUT2D eigenvalue weighted by Gasteiger charge is -2.08. The number of ether oxygens (including phenoxy) is 1. The zero-order chi connectivity index (χ0) is 11.5. The molecule has 0 spiro atoms. The van der Waals surface area contributed by atoms with Gasteiger partial charge in [-0.3, -0.25) is 0 Å². The minimum Gasteiger partial charge on any atom is -0.489 e. The lowest BCUT2D eigenvalue weighted by molar-refractivity contribution is 0.292. The normalized spacial score (nSPS) is 15.2. The van der Waals surface area contributed by atoms with Crippen molar-refractivity contribution < 1.29 is 13.5 Å². The van der Waals surface area contributed by atoms with Crippen molar-refractivity contribution in [3.63, 3.8) is 0 Å². The minimum absolute atomic E-state index is 0.0514. The molecule has 2 rings (SSSR count). The van der Waals surface area contributed by atoms with Gasteiger partial charge in [0.05, 0.1) is 0 Å². The summed E-state index contributed by atoms with van der Waals surface area (Å²) in [5.74, 6) is -1.89.